The monoisotopic (exact) mass is 151 g/mol. The van der Waals surface area contributed by atoms with Crippen molar-refractivity contribution in [3.05, 3.63) is 19.1 Å². The quantitative estimate of drug-likeness (QED) is 0.501. The lowest BCUT2D eigenvalue weighted by molar-refractivity contribution is 0.434. The van der Waals surface area contributed by atoms with E-state index >= 15 is 0 Å². The first-order chi connectivity index (χ1) is 5.43. The molecule has 1 aliphatic rings. The Bertz CT molecular complexity index is 101. The Kier molecular flexibility index (Phi) is 4.33. The fraction of sp³-hybridized carbons (Fsp3) is 0.727. The van der Waals surface area contributed by atoms with Crippen molar-refractivity contribution in [3.8, 4) is 0 Å². The molecule has 1 radical (unpaired) electrons. The van der Waals surface area contributed by atoms with Crippen molar-refractivity contribution in [1.29, 1.82) is 0 Å². The molecule has 63 valence electrons. The van der Waals surface area contributed by atoms with Gasteiger partial charge in [0, 0.05) is 0 Å². The number of rotatable bonds is 1. The van der Waals surface area contributed by atoms with Crippen LogP contribution in [0.15, 0.2) is 12.2 Å². The number of hydrogen-bond donors (Lipinski definition) is 0. The van der Waals surface area contributed by atoms with Crippen molar-refractivity contribution < 1.29 is 0 Å². The Balaban J connectivity index is 2.26. The van der Waals surface area contributed by atoms with Gasteiger partial charge in [-0.2, -0.15) is 0 Å². The summed E-state index contributed by atoms with van der Waals surface area (Å²) in [7, 11) is 0. The fourth-order valence-electron chi connectivity index (χ4n) is 1.72. The van der Waals surface area contributed by atoms with Gasteiger partial charge in [-0.25, -0.2) is 0 Å². The van der Waals surface area contributed by atoms with E-state index < -0.39 is 0 Å². The van der Waals surface area contributed by atoms with Crippen molar-refractivity contribution >= 4 is 0 Å². The van der Waals surface area contributed by atoms with E-state index in [1.807, 2.05) is 0 Å². The summed E-state index contributed by atoms with van der Waals surface area (Å²) < 4.78 is 0. The summed E-state index contributed by atoms with van der Waals surface area (Å²) in [6.45, 7) is 3.99. The molecular formula is C11H19. The molecule has 1 rings (SSSR count). The van der Waals surface area contributed by atoms with Gasteiger partial charge in [0.25, 0.3) is 0 Å². The summed E-state index contributed by atoms with van der Waals surface area (Å²) in [6, 6.07) is 0. The van der Waals surface area contributed by atoms with E-state index in [0.717, 1.165) is 12.3 Å². The van der Waals surface area contributed by atoms with E-state index in [2.05, 4.69) is 19.1 Å². The highest BCUT2D eigenvalue weighted by molar-refractivity contribution is 4.83. The Morgan fingerprint density at radius 2 is 1.64 bits per heavy atom. The standard InChI is InChI=1S/C11H19/c1-2-11-9-7-5-3-4-6-8-10-11/h3-4,11H,1-2,5-10H2/b4-3-. The molecule has 0 nitrogen and oxygen atoms in total. The van der Waals surface area contributed by atoms with Crippen LogP contribution in [0.4, 0.5) is 0 Å². The van der Waals surface area contributed by atoms with Gasteiger partial charge in [-0.3, -0.25) is 0 Å². The first-order valence-electron chi connectivity index (χ1n) is 4.87. The van der Waals surface area contributed by atoms with E-state index in [-0.39, 0.29) is 0 Å². The van der Waals surface area contributed by atoms with Gasteiger partial charge in [-0.05, 0) is 31.6 Å². The van der Waals surface area contributed by atoms with E-state index in [1.165, 1.54) is 38.5 Å². The third-order valence-electron chi connectivity index (χ3n) is 2.54. The molecule has 0 fully saturated rings. The molecule has 1 aliphatic carbocycles. The predicted octanol–water partition coefficient (Wildman–Crippen LogP) is 3.74. The minimum atomic E-state index is 0.912. The molecule has 11 heavy (non-hydrogen) atoms. The van der Waals surface area contributed by atoms with E-state index in [0.29, 0.717) is 0 Å². The second-order valence-corrected chi connectivity index (χ2v) is 3.49. The van der Waals surface area contributed by atoms with Gasteiger partial charge in [-0.1, -0.05) is 38.3 Å². The van der Waals surface area contributed by atoms with Crippen LogP contribution in [-0.4, -0.2) is 0 Å². The lowest BCUT2D eigenvalue weighted by Gasteiger charge is -2.11. The molecule has 0 aromatic heterocycles. The van der Waals surface area contributed by atoms with Crippen molar-refractivity contribution in [2.24, 2.45) is 5.92 Å². The smallest absolute Gasteiger partial charge is 0.0351 e. The van der Waals surface area contributed by atoms with Crippen LogP contribution in [0.3, 0.4) is 0 Å². The van der Waals surface area contributed by atoms with Crippen molar-refractivity contribution in [2.45, 2.75) is 44.9 Å². The zero-order valence-electron chi connectivity index (χ0n) is 7.39. The highest BCUT2D eigenvalue weighted by Crippen LogP contribution is 2.20. The van der Waals surface area contributed by atoms with Crippen LogP contribution < -0.4 is 0 Å². The second-order valence-electron chi connectivity index (χ2n) is 3.49. The van der Waals surface area contributed by atoms with Crippen LogP contribution in [0, 0.1) is 12.8 Å². The zero-order chi connectivity index (χ0) is 7.94. The molecule has 0 saturated carbocycles. The molecule has 0 heterocycles. The maximum Gasteiger partial charge on any atom is -0.0351 e. The topological polar surface area (TPSA) is 0 Å². The summed E-state index contributed by atoms with van der Waals surface area (Å²) in [6.07, 6.45) is 13.9. The highest BCUT2D eigenvalue weighted by Gasteiger charge is 2.05. The molecule has 0 bridgehead atoms. The third-order valence-corrected chi connectivity index (χ3v) is 2.54. The molecule has 0 N–H and O–H groups in total. The van der Waals surface area contributed by atoms with E-state index in [1.54, 1.807) is 0 Å². The van der Waals surface area contributed by atoms with Crippen LogP contribution >= 0.6 is 0 Å². The molecule has 0 aliphatic heterocycles. The maximum absolute atomic E-state index is 3.99. The summed E-state index contributed by atoms with van der Waals surface area (Å²) in [4.78, 5) is 0. The summed E-state index contributed by atoms with van der Waals surface area (Å²) in [5.74, 6) is 0.912. The molecule has 0 atom stereocenters. The molecule has 0 unspecified atom stereocenters. The largest absolute Gasteiger partial charge is 0.0885 e. The molecule has 0 aromatic carbocycles. The molecule has 0 heteroatoms. The van der Waals surface area contributed by atoms with Gasteiger partial charge in [-0.15, -0.1) is 0 Å². The average Bonchev–Trinajstić information content (AvgIpc) is 2.16. The Hall–Kier alpha value is -0.260. The van der Waals surface area contributed by atoms with Crippen molar-refractivity contribution in [2.75, 3.05) is 0 Å². The first kappa shape index (κ1) is 8.83. The zero-order valence-corrected chi connectivity index (χ0v) is 7.39. The van der Waals surface area contributed by atoms with Crippen molar-refractivity contribution in [1.82, 2.24) is 0 Å². The lowest BCUT2D eigenvalue weighted by atomic mass is 9.94. The fourth-order valence-corrected chi connectivity index (χ4v) is 1.72. The van der Waals surface area contributed by atoms with Gasteiger partial charge in [0.05, 0.1) is 0 Å². The summed E-state index contributed by atoms with van der Waals surface area (Å²) >= 11 is 0. The SMILES string of the molecule is [CH2]CC1CCC/C=C\CCC1. The second kappa shape index (κ2) is 5.40. The normalized spacial score (nSPS) is 25.2. The number of hydrogen-bond acceptors (Lipinski definition) is 0. The van der Waals surface area contributed by atoms with Crippen LogP contribution in [-0.2, 0) is 0 Å². The highest BCUT2D eigenvalue weighted by atomic mass is 14.1. The lowest BCUT2D eigenvalue weighted by Crippen LogP contribution is -1.97. The van der Waals surface area contributed by atoms with Gasteiger partial charge >= 0.3 is 0 Å². The van der Waals surface area contributed by atoms with Crippen LogP contribution in [0.25, 0.3) is 0 Å². The van der Waals surface area contributed by atoms with Crippen molar-refractivity contribution in [3.63, 3.8) is 0 Å². The minimum absolute atomic E-state index is 0.912. The minimum Gasteiger partial charge on any atom is -0.0885 e. The van der Waals surface area contributed by atoms with Gasteiger partial charge in [0.15, 0.2) is 0 Å². The summed E-state index contributed by atoms with van der Waals surface area (Å²) in [5.41, 5.74) is 0. The Labute approximate surface area is 70.7 Å². The average molecular weight is 151 g/mol. The molecule has 0 spiro atoms. The summed E-state index contributed by atoms with van der Waals surface area (Å²) in [5, 5.41) is 0. The molecule has 0 amide bonds. The predicted molar refractivity (Wildman–Crippen MR) is 50.3 cm³/mol. The third kappa shape index (κ3) is 3.60. The molecule has 0 aromatic rings. The maximum atomic E-state index is 3.99. The Morgan fingerprint density at radius 3 is 2.09 bits per heavy atom. The van der Waals surface area contributed by atoms with Gasteiger partial charge in [0.2, 0.25) is 0 Å². The van der Waals surface area contributed by atoms with Crippen LogP contribution in [0.5, 0.6) is 0 Å². The number of allylic oxidation sites excluding steroid dienone is 2. The Morgan fingerprint density at radius 1 is 1.09 bits per heavy atom. The molecule has 0 saturated heterocycles. The first-order valence-corrected chi connectivity index (χ1v) is 4.87. The molecular weight excluding hydrogens is 132 g/mol. The van der Waals surface area contributed by atoms with Gasteiger partial charge in [0.1, 0.15) is 0 Å². The van der Waals surface area contributed by atoms with Crippen LogP contribution in [0.1, 0.15) is 44.9 Å². The van der Waals surface area contributed by atoms with E-state index in [9.17, 15) is 0 Å². The van der Waals surface area contributed by atoms with Gasteiger partial charge < -0.3 is 0 Å². The van der Waals surface area contributed by atoms with E-state index in [4.69, 9.17) is 0 Å². The van der Waals surface area contributed by atoms with Crippen LogP contribution in [0.2, 0.25) is 0 Å².